The van der Waals surface area contributed by atoms with Gasteiger partial charge in [0.25, 0.3) is 0 Å². The molecular formula is C3H4N2. The molecule has 0 amide bonds. The fourth-order valence-corrected chi connectivity index (χ4v) is 0. The molecular weight excluding hydrogens is 64.0 g/mol. The van der Waals surface area contributed by atoms with E-state index in [9.17, 15) is 0 Å². The molecule has 0 spiro atoms. The maximum absolute atomic E-state index is 8.00. The van der Waals surface area contributed by atoms with E-state index < -0.39 is 6.04 Å². The van der Waals surface area contributed by atoms with Crippen molar-refractivity contribution in [2.24, 2.45) is 0 Å². The van der Waals surface area contributed by atoms with Crippen molar-refractivity contribution in [3.63, 3.8) is 0 Å². The minimum Gasteiger partial charge on any atom is -0.196 e. The Balaban J connectivity index is 2.94. The highest BCUT2D eigenvalue weighted by atomic mass is 14.6. The molecule has 2 radical (unpaired) electrons. The monoisotopic (exact) mass is 68.0 g/mol. The van der Waals surface area contributed by atoms with E-state index >= 15 is 0 Å². The molecule has 26 valence electrons. The van der Waals surface area contributed by atoms with Gasteiger partial charge < -0.3 is 0 Å². The van der Waals surface area contributed by atoms with E-state index in [4.69, 9.17) is 11.0 Å². The number of hydrogen-bond acceptors (Lipinski definition) is 1. The number of rotatable bonds is 0. The van der Waals surface area contributed by atoms with Gasteiger partial charge in [0, 0.05) is 0 Å². The normalized spacial score (nSPS) is 13.0. The smallest absolute Gasteiger partial charge is 0.127 e. The lowest BCUT2D eigenvalue weighted by atomic mass is 10.4. The molecule has 0 aliphatic rings. The number of hydrogen-bond donors (Lipinski definition) is 0. The third kappa shape index (κ3) is 3.45. The van der Waals surface area contributed by atoms with Crippen LogP contribution in [0.5, 0.6) is 0 Å². The molecule has 0 bridgehead atoms. The van der Waals surface area contributed by atoms with Gasteiger partial charge in [-0.15, -0.1) is 5.73 Å². The van der Waals surface area contributed by atoms with Crippen LogP contribution < -0.4 is 5.73 Å². The van der Waals surface area contributed by atoms with E-state index in [2.05, 4.69) is 0 Å². The van der Waals surface area contributed by atoms with E-state index in [1.165, 1.54) is 6.92 Å². The lowest BCUT2D eigenvalue weighted by Gasteiger charge is -1.72. The van der Waals surface area contributed by atoms with Crippen LogP contribution in [0.25, 0.3) is 0 Å². The summed E-state index contributed by atoms with van der Waals surface area (Å²) in [4.78, 5) is 0. The van der Waals surface area contributed by atoms with Crippen molar-refractivity contribution in [2.45, 2.75) is 13.0 Å². The summed E-state index contributed by atoms with van der Waals surface area (Å²) in [5, 5.41) is 7.64. The predicted molar refractivity (Wildman–Crippen MR) is 17.2 cm³/mol. The molecule has 0 aromatic carbocycles. The minimum absolute atomic E-state index is 0.810. The maximum Gasteiger partial charge on any atom is 0.127 e. The molecule has 0 aromatic rings. The van der Waals surface area contributed by atoms with Crippen LogP contribution in [0.15, 0.2) is 0 Å². The molecule has 0 saturated heterocycles. The van der Waals surface area contributed by atoms with Crippen molar-refractivity contribution in [2.75, 3.05) is 0 Å². The molecule has 0 N–H and O–H groups in total. The first kappa shape index (κ1) is 4.45. The van der Waals surface area contributed by atoms with Crippen molar-refractivity contribution in [3.8, 4) is 6.07 Å². The molecule has 0 aromatic heterocycles. The van der Waals surface area contributed by atoms with Gasteiger partial charge in [0.2, 0.25) is 0 Å². The zero-order chi connectivity index (χ0) is 4.28. The van der Waals surface area contributed by atoms with Crippen LogP contribution in [0.3, 0.4) is 0 Å². The first-order valence-electron chi connectivity index (χ1n) is 1.35. The molecule has 0 heterocycles. The average Bonchev–Trinajstić information content (AvgIpc) is 1.38. The molecule has 1 atom stereocenters. The zero-order valence-electron chi connectivity index (χ0n) is 2.97. The fourth-order valence-electron chi connectivity index (χ4n) is 0. The van der Waals surface area contributed by atoms with Crippen molar-refractivity contribution in [1.82, 2.24) is 5.73 Å². The quantitative estimate of drug-likeness (QED) is 0.393. The lowest BCUT2D eigenvalue weighted by molar-refractivity contribution is 0.905. The molecule has 0 aliphatic carbocycles. The third-order valence-electron chi connectivity index (χ3n) is 0.187. The van der Waals surface area contributed by atoms with Crippen molar-refractivity contribution in [3.05, 3.63) is 0 Å². The average molecular weight is 68.1 g/mol. The second kappa shape index (κ2) is 1.74. The van der Waals surface area contributed by atoms with E-state index in [1.54, 1.807) is 6.07 Å². The van der Waals surface area contributed by atoms with Crippen LogP contribution >= 0.6 is 0 Å². The second-order valence-corrected chi connectivity index (χ2v) is 0.805. The molecule has 1 unspecified atom stereocenters. The van der Waals surface area contributed by atoms with Gasteiger partial charge in [-0.2, -0.15) is 5.26 Å². The minimum atomic E-state index is -0.810. The first-order valence-corrected chi connectivity index (χ1v) is 1.35. The Hall–Kier alpha value is -0.550. The van der Waals surface area contributed by atoms with Gasteiger partial charge in [0.15, 0.2) is 0 Å². The number of nitrogens with zero attached hydrogens (tertiary/aromatic N) is 2. The molecule has 5 heavy (non-hydrogen) atoms. The summed E-state index contributed by atoms with van der Waals surface area (Å²) in [7, 11) is 0. The summed E-state index contributed by atoms with van der Waals surface area (Å²) in [6, 6.07) is 0.773. The molecule has 0 saturated carbocycles. The van der Waals surface area contributed by atoms with E-state index in [-0.39, 0.29) is 0 Å². The molecule has 2 heteroatoms. The standard InChI is InChI=1S/C3H4N2/c1-3(5)2-4/h3H,1H3. The van der Waals surface area contributed by atoms with E-state index in [0.29, 0.717) is 0 Å². The Labute approximate surface area is 31.2 Å². The fraction of sp³-hybridized carbons (Fsp3) is 0.667. The highest BCUT2D eigenvalue weighted by Crippen LogP contribution is 1.64. The van der Waals surface area contributed by atoms with Gasteiger partial charge in [-0.3, -0.25) is 0 Å². The zero-order valence-corrected chi connectivity index (χ0v) is 2.97. The Morgan fingerprint density at radius 1 is 1.80 bits per heavy atom. The Bertz CT molecular complexity index is 50.4. The lowest BCUT2D eigenvalue weighted by Crippen LogP contribution is -1.94. The van der Waals surface area contributed by atoms with Gasteiger partial charge in [0.1, 0.15) is 6.04 Å². The van der Waals surface area contributed by atoms with Gasteiger partial charge >= 0.3 is 0 Å². The van der Waals surface area contributed by atoms with Gasteiger partial charge in [0.05, 0.1) is 6.07 Å². The summed E-state index contributed by atoms with van der Waals surface area (Å²) >= 11 is 0. The maximum atomic E-state index is 8.00. The van der Waals surface area contributed by atoms with E-state index in [0.717, 1.165) is 0 Å². The highest BCUT2D eigenvalue weighted by Gasteiger charge is 1.82. The Kier molecular flexibility index (Phi) is 1.55. The van der Waals surface area contributed by atoms with Crippen LogP contribution in [-0.2, 0) is 0 Å². The van der Waals surface area contributed by atoms with Crippen LogP contribution in [0, 0.1) is 11.3 Å². The van der Waals surface area contributed by atoms with Crippen LogP contribution in [0.2, 0.25) is 0 Å². The Morgan fingerprint density at radius 2 is 2.00 bits per heavy atom. The molecule has 0 fully saturated rings. The molecule has 0 rings (SSSR count). The van der Waals surface area contributed by atoms with Gasteiger partial charge in [-0.1, -0.05) is 0 Å². The summed E-state index contributed by atoms with van der Waals surface area (Å²) < 4.78 is 0. The first-order chi connectivity index (χ1) is 2.27. The van der Waals surface area contributed by atoms with Crippen LogP contribution in [0.4, 0.5) is 0 Å². The van der Waals surface area contributed by atoms with Crippen LogP contribution in [-0.4, -0.2) is 6.04 Å². The molecule has 0 aliphatic heterocycles. The summed E-state index contributed by atoms with van der Waals surface area (Å²) in [5.74, 6) is 0. The highest BCUT2D eigenvalue weighted by molar-refractivity contribution is 4.80. The summed E-state index contributed by atoms with van der Waals surface area (Å²) in [5.41, 5.74) is 8.00. The Morgan fingerprint density at radius 3 is 2.00 bits per heavy atom. The van der Waals surface area contributed by atoms with Gasteiger partial charge in [-0.25, -0.2) is 0 Å². The largest absolute Gasteiger partial charge is 0.196 e. The predicted octanol–water partition coefficient (Wildman–Crippen LogP) is -0.0328. The summed E-state index contributed by atoms with van der Waals surface area (Å²) in [6.45, 7) is 1.42. The van der Waals surface area contributed by atoms with Crippen molar-refractivity contribution < 1.29 is 0 Å². The number of nitriles is 1. The summed E-state index contributed by atoms with van der Waals surface area (Å²) in [6.07, 6.45) is 0. The SMILES string of the molecule is CC([N])C#N. The van der Waals surface area contributed by atoms with Crippen molar-refractivity contribution in [1.29, 1.82) is 5.26 Å². The third-order valence-corrected chi connectivity index (χ3v) is 0.187. The second-order valence-electron chi connectivity index (χ2n) is 0.805. The van der Waals surface area contributed by atoms with Crippen molar-refractivity contribution >= 4 is 0 Å². The van der Waals surface area contributed by atoms with Gasteiger partial charge in [-0.05, 0) is 6.92 Å². The van der Waals surface area contributed by atoms with E-state index in [1.807, 2.05) is 0 Å². The van der Waals surface area contributed by atoms with Crippen LogP contribution in [0.1, 0.15) is 6.92 Å². The topological polar surface area (TPSA) is 46.1 Å². The molecule has 2 nitrogen and oxygen atoms in total.